The molecule has 1 aromatic carbocycles. The first-order valence-corrected chi connectivity index (χ1v) is 6.40. The van der Waals surface area contributed by atoms with Crippen LogP contribution in [0.4, 0.5) is 11.4 Å². The Bertz CT molecular complexity index is 887. The monoisotopic (exact) mass is 297 g/mol. The summed E-state index contributed by atoms with van der Waals surface area (Å²) < 4.78 is 0. The van der Waals surface area contributed by atoms with Crippen molar-refractivity contribution < 1.29 is 9.72 Å². The second-order valence-electron chi connectivity index (χ2n) is 4.70. The molecule has 0 unspecified atom stereocenters. The third kappa shape index (κ3) is 2.49. The van der Waals surface area contributed by atoms with Crippen molar-refractivity contribution >= 4 is 28.4 Å². The number of pyridine rings is 1. The van der Waals surface area contributed by atoms with E-state index < -0.39 is 10.8 Å². The number of nitro benzene ring substituents is 1. The van der Waals surface area contributed by atoms with Gasteiger partial charge in [0.25, 0.3) is 11.6 Å². The fraction of sp³-hybridized carbons (Fsp3) is 0.0714. The summed E-state index contributed by atoms with van der Waals surface area (Å²) in [7, 11) is 0. The first-order chi connectivity index (χ1) is 10.5. The summed E-state index contributed by atoms with van der Waals surface area (Å²) in [6.45, 7) is 1.72. The summed E-state index contributed by atoms with van der Waals surface area (Å²) in [5.41, 5.74) is 2.47. The fourth-order valence-electron chi connectivity index (χ4n) is 2.06. The van der Waals surface area contributed by atoms with Gasteiger partial charge in [0.2, 0.25) is 0 Å². The van der Waals surface area contributed by atoms with E-state index in [1.165, 1.54) is 24.7 Å². The Kier molecular flexibility index (Phi) is 3.26. The van der Waals surface area contributed by atoms with Crippen molar-refractivity contribution in [2.75, 3.05) is 5.32 Å². The molecule has 22 heavy (non-hydrogen) atoms. The smallest absolute Gasteiger partial charge is 0.270 e. The molecule has 2 heterocycles. The highest BCUT2D eigenvalue weighted by atomic mass is 16.6. The number of nitro groups is 1. The summed E-state index contributed by atoms with van der Waals surface area (Å²) in [4.78, 5) is 33.6. The molecule has 0 bridgehead atoms. The average Bonchev–Trinajstić information content (AvgIpc) is 2.94. The lowest BCUT2D eigenvalue weighted by atomic mass is 10.1. The Morgan fingerprint density at radius 3 is 2.91 bits per heavy atom. The van der Waals surface area contributed by atoms with E-state index in [1.54, 1.807) is 19.1 Å². The molecule has 0 aliphatic carbocycles. The summed E-state index contributed by atoms with van der Waals surface area (Å²) in [5.74, 6) is -0.433. The number of nitrogens with one attached hydrogen (secondary N) is 2. The van der Waals surface area contributed by atoms with Gasteiger partial charge >= 0.3 is 0 Å². The second kappa shape index (κ2) is 5.24. The van der Waals surface area contributed by atoms with Crippen molar-refractivity contribution in [2.24, 2.45) is 0 Å². The van der Waals surface area contributed by atoms with Gasteiger partial charge < -0.3 is 10.3 Å². The number of aromatic nitrogens is 3. The van der Waals surface area contributed by atoms with Crippen LogP contribution in [-0.4, -0.2) is 25.8 Å². The zero-order valence-electron chi connectivity index (χ0n) is 11.5. The Hall–Kier alpha value is -3.29. The van der Waals surface area contributed by atoms with Gasteiger partial charge in [-0.2, -0.15) is 0 Å². The molecule has 3 rings (SSSR count). The number of carbonyl (C=O) groups is 1. The topological polar surface area (TPSA) is 114 Å². The quantitative estimate of drug-likeness (QED) is 0.569. The van der Waals surface area contributed by atoms with Gasteiger partial charge in [0.15, 0.2) is 5.65 Å². The number of H-pyrrole nitrogens is 1. The number of non-ortho nitro benzene ring substituents is 1. The Labute approximate surface area is 124 Å². The predicted octanol–water partition coefficient (Wildman–Crippen LogP) is 2.43. The van der Waals surface area contributed by atoms with Gasteiger partial charge in [-0.3, -0.25) is 14.9 Å². The maximum Gasteiger partial charge on any atom is 0.270 e. The van der Waals surface area contributed by atoms with E-state index in [0.717, 1.165) is 0 Å². The molecule has 8 heteroatoms. The van der Waals surface area contributed by atoms with Crippen LogP contribution >= 0.6 is 0 Å². The lowest BCUT2D eigenvalue weighted by molar-refractivity contribution is -0.384. The molecule has 110 valence electrons. The Morgan fingerprint density at radius 1 is 1.32 bits per heavy atom. The van der Waals surface area contributed by atoms with Crippen LogP contribution in [0.25, 0.3) is 11.2 Å². The summed E-state index contributed by atoms with van der Waals surface area (Å²) in [6, 6.07) is 5.83. The first-order valence-electron chi connectivity index (χ1n) is 6.40. The molecule has 0 spiro atoms. The molecule has 2 aromatic heterocycles. The molecular formula is C14H11N5O3. The number of imidazole rings is 1. The van der Waals surface area contributed by atoms with E-state index in [4.69, 9.17) is 0 Å². The first kappa shape index (κ1) is 13.7. The van der Waals surface area contributed by atoms with Crippen LogP contribution in [0.3, 0.4) is 0 Å². The minimum Gasteiger partial charge on any atom is -0.329 e. The third-order valence-corrected chi connectivity index (χ3v) is 3.21. The number of hydrogen-bond donors (Lipinski definition) is 2. The minimum absolute atomic E-state index is 0.128. The van der Waals surface area contributed by atoms with Gasteiger partial charge in [0.05, 0.1) is 23.1 Å². The van der Waals surface area contributed by atoms with Crippen molar-refractivity contribution in [1.82, 2.24) is 15.0 Å². The Balaban J connectivity index is 1.90. The van der Waals surface area contributed by atoms with E-state index in [1.807, 2.05) is 0 Å². The van der Waals surface area contributed by atoms with Crippen LogP contribution in [0.2, 0.25) is 0 Å². The number of anilines is 1. The molecule has 0 atom stereocenters. The van der Waals surface area contributed by atoms with Crippen LogP contribution in [0.1, 0.15) is 15.9 Å². The van der Waals surface area contributed by atoms with Gasteiger partial charge in [-0.1, -0.05) is 6.07 Å². The number of fused-ring (bicyclic) bond motifs is 1. The molecular weight excluding hydrogens is 286 g/mol. The zero-order valence-corrected chi connectivity index (χ0v) is 11.5. The third-order valence-electron chi connectivity index (χ3n) is 3.21. The second-order valence-corrected chi connectivity index (χ2v) is 4.70. The van der Waals surface area contributed by atoms with Gasteiger partial charge in [-0.25, -0.2) is 9.97 Å². The number of benzene rings is 1. The molecule has 0 aliphatic heterocycles. The van der Waals surface area contributed by atoms with Crippen LogP contribution in [0.15, 0.2) is 36.8 Å². The van der Waals surface area contributed by atoms with Gasteiger partial charge in [0, 0.05) is 17.7 Å². The van der Waals surface area contributed by atoms with E-state index in [0.29, 0.717) is 22.4 Å². The fourth-order valence-corrected chi connectivity index (χ4v) is 2.06. The summed E-state index contributed by atoms with van der Waals surface area (Å²) in [5, 5.41) is 13.5. The molecule has 0 radical (unpaired) electrons. The maximum atomic E-state index is 12.3. The molecule has 3 aromatic rings. The van der Waals surface area contributed by atoms with Crippen LogP contribution in [0, 0.1) is 17.0 Å². The predicted molar refractivity (Wildman–Crippen MR) is 79.7 cm³/mol. The largest absolute Gasteiger partial charge is 0.329 e. The van der Waals surface area contributed by atoms with Crippen LogP contribution < -0.4 is 5.32 Å². The molecule has 1 amide bonds. The molecule has 0 saturated carbocycles. The highest BCUT2D eigenvalue weighted by molar-refractivity contribution is 6.06. The highest BCUT2D eigenvalue weighted by Gasteiger charge is 2.15. The van der Waals surface area contributed by atoms with Crippen LogP contribution in [0.5, 0.6) is 0 Å². The highest BCUT2D eigenvalue weighted by Crippen LogP contribution is 2.19. The zero-order chi connectivity index (χ0) is 15.7. The average molecular weight is 297 g/mol. The van der Waals surface area contributed by atoms with Crippen LogP contribution in [-0.2, 0) is 0 Å². The van der Waals surface area contributed by atoms with Gasteiger partial charge in [-0.15, -0.1) is 0 Å². The minimum atomic E-state index is -0.534. The van der Waals surface area contributed by atoms with E-state index in [2.05, 4.69) is 20.3 Å². The van der Waals surface area contributed by atoms with Crippen molar-refractivity contribution in [1.29, 1.82) is 0 Å². The standard InChI is InChI=1S/C14H11N5O3/c1-8-2-3-10(19(21)22)5-11(8)14(20)18-9-4-12-13(15-6-9)17-7-16-12/h2-7H,1H3,(H,18,20)(H,15,16,17). The number of aryl methyl sites for hydroxylation is 1. The SMILES string of the molecule is Cc1ccc([N+](=O)[O-])cc1C(=O)Nc1cnc2[nH]cnc2c1. The van der Waals surface area contributed by atoms with E-state index >= 15 is 0 Å². The van der Waals surface area contributed by atoms with E-state index in [9.17, 15) is 14.9 Å². The lowest BCUT2D eigenvalue weighted by Gasteiger charge is -2.07. The Morgan fingerprint density at radius 2 is 2.14 bits per heavy atom. The number of amides is 1. The van der Waals surface area contributed by atoms with E-state index in [-0.39, 0.29) is 11.3 Å². The van der Waals surface area contributed by atoms with Crippen molar-refractivity contribution in [3.63, 3.8) is 0 Å². The summed E-state index contributed by atoms with van der Waals surface area (Å²) in [6.07, 6.45) is 3.00. The number of rotatable bonds is 3. The van der Waals surface area contributed by atoms with Crippen molar-refractivity contribution in [2.45, 2.75) is 6.92 Å². The molecule has 0 saturated heterocycles. The normalized spacial score (nSPS) is 10.6. The number of nitrogens with zero attached hydrogens (tertiary/aromatic N) is 3. The van der Waals surface area contributed by atoms with Gasteiger partial charge in [-0.05, 0) is 18.6 Å². The van der Waals surface area contributed by atoms with Crippen molar-refractivity contribution in [3.8, 4) is 0 Å². The maximum absolute atomic E-state index is 12.3. The number of hydrogen-bond acceptors (Lipinski definition) is 5. The molecule has 2 N–H and O–H groups in total. The molecule has 8 nitrogen and oxygen atoms in total. The lowest BCUT2D eigenvalue weighted by Crippen LogP contribution is -2.14. The summed E-state index contributed by atoms with van der Waals surface area (Å²) >= 11 is 0. The van der Waals surface area contributed by atoms with Crippen molar-refractivity contribution in [3.05, 3.63) is 58.0 Å². The van der Waals surface area contributed by atoms with Gasteiger partial charge in [0.1, 0.15) is 5.52 Å². The number of carbonyl (C=O) groups excluding carboxylic acids is 1. The molecule has 0 fully saturated rings. The molecule has 0 aliphatic rings. The number of aromatic amines is 1.